The fourth-order valence-corrected chi connectivity index (χ4v) is 2.36. The first-order chi connectivity index (χ1) is 12.7. The van der Waals surface area contributed by atoms with E-state index >= 15 is 0 Å². The molecular formula is C15H11N4NaO8. The minimum atomic E-state index is -1.65. The standard InChI is InChI=1S/C15H12N4O8.Na/c20-15(21)11(6-9-4-2-1-3-5-9)16-14-12(18(24)25)7-10(17(22)23)8-13(14)19(26)27;/h1-5,7-8,11,16H,6H2,(H,20,21);/q;+1/p-1/t11-;/m0./s1. The number of nitro benzene ring substituents is 3. The molecule has 0 saturated carbocycles. The van der Waals surface area contributed by atoms with Crippen molar-refractivity contribution in [3.8, 4) is 0 Å². The van der Waals surface area contributed by atoms with Crippen LogP contribution in [0.1, 0.15) is 5.56 Å². The molecule has 28 heavy (non-hydrogen) atoms. The van der Waals surface area contributed by atoms with E-state index in [1.54, 1.807) is 30.3 Å². The summed E-state index contributed by atoms with van der Waals surface area (Å²) in [5, 5.41) is 47.0. The van der Waals surface area contributed by atoms with Crippen LogP contribution in [0.4, 0.5) is 22.7 Å². The predicted octanol–water partition coefficient (Wildman–Crippen LogP) is -1.81. The molecule has 0 unspecified atom stereocenters. The molecule has 2 aromatic carbocycles. The van der Waals surface area contributed by atoms with Crippen molar-refractivity contribution in [3.05, 3.63) is 78.4 Å². The third kappa shape index (κ3) is 5.45. The summed E-state index contributed by atoms with van der Waals surface area (Å²) in [5.41, 5.74) is -3.07. The van der Waals surface area contributed by atoms with Crippen molar-refractivity contribution in [2.45, 2.75) is 12.5 Å². The summed E-state index contributed by atoms with van der Waals surface area (Å²) < 4.78 is 0. The molecule has 1 N–H and O–H groups in total. The van der Waals surface area contributed by atoms with Gasteiger partial charge in [0.1, 0.15) is 0 Å². The zero-order valence-corrected chi connectivity index (χ0v) is 16.4. The third-order valence-electron chi connectivity index (χ3n) is 3.57. The van der Waals surface area contributed by atoms with E-state index in [2.05, 4.69) is 5.32 Å². The first kappa shape index (κ1) is 23.0. The second kappa shape index (κ2) is 9.73. The molecule has 2 rings (SSSR count). The Labute approximate surface area is 178 Å². The Bertz CT molecular complexity index is 887. The minimum absolute atomic E-state index is 0. The quantitative estimate of drug-likeness (QED) is 0.304. The largest absolute Gasteiger partial charge is 1.00 e. The van der Waals surface area contributed by atoms with Crippen LogP contribution in [-0.2, 0) is 11.2 Å². The molecule has 140 valence electrons. The number of carboxylic acids is 1. The molecule has 12 nitrogen and oxygen atoms in total. The number of carbonyl (C=O) groups is 1. The van der Waals surface area contributed by atoms with E-state index in [1.165, 1.54) is 0 Å². The van der Waals surface area contributed by atoms with Crippen molar-refractivity contribution >= 4 is 28.7 Å². The Hall–Kier alpha value is -3.09. The van der Waals surface area contributed by atoms with Crippen molar-refractivity contribution in [3.63, 3.8) is 0 Å². The topological polar surface area (TPSA) is 182 Å². The second-order valence-electron chi connectivity index (χ2n) is 5.34. The van der Waals surface area contributed by atoms with Crippen LogP contribution in [0.3, 0.4) is 0 Å². The first-order valence-corrected chi connectivity index (χ1v) is 7.33. The number of aliphatic carboxylic acids is 1. The molecule has 2 aromatic rings. The van der Waals surface area contributed by atoms with Crippen LogP contribution in [0.5, 0.6) is 0 Å². The molecule has 0 spiro atoms. The Morgan fingerprint density at radius 2 is 1.43 bits per heavy atom. The van der Waals surface area contributed by atoms with E-state index in [1.807, 2.05) is 0 Å². The van der Waals surface area contributed by atoms with Crippen molar-refractivity contribution in [1.29, 1.82) is 0 Å². The van der Waals surface area contributed by atoms with E-state index in [0.29, 0.717) is 17.7 Å². The van der Waals surface area contributed by atoms with Crippen molar-refractivity contribution < 1.29 is 54.2 Å². The minimum Gasteiger partial charge on any atom is -0.548 e. The molecule has 0 amide bonds. The number of nitrogens with one attached hydrogen (secondary N) is 1. The molecule has 1 atom stereocenters. The SMILES string of the molecule is O=C([O-])[C@H](Cc1ccccc1)Nc1c([N+](=O)[O-])cc([N+](=O)[O-])cc1[N+](=O)[O-].[Na+]. The Balaban J connectivity index is 0.00000392. The number of rotatable bonds is 8. The number of carboxylic acid groups (broad SMARTS) is 1. The van der Waals surface area contributed by atoms with Gasteiger partial charge < -0.3 is 15.2 Å². The third-order valence-corrected chi connectivity index (χ3v) is 3.57. The van der Waals surface area contributed by atoms with Crippen LogP contribution < -0.4 is 40.0 Å². The Kier molecular flexibility index (Phi) is 7.98. The van der Waals surface area contributed by atoms with Crippen molar-refractivity contribution in [2.75, 3.05) is 5.32 Å². The van der Waals surface area contributed by atoms with Crippen LogP contribution in [-0.4, -0.2) is 26.8 Å². The fraction of sp³-hybridized carbons (Fsp3) is 0.133. The average molecular weight is 398 g/mol. The second-order valence-corrected chi connectivity index (χ2v) is 5.34. The number of anilines is 1. The van der Waals surface area contributed by atoms with Gasteiger partial charge in [-0.25, -0.2) is 0 Å². The molecule has 0 bridgehead atoms. The molecule has 0 heterocycles. The van der Waals surface area contributed by atoms with E-state index < -0.39 is 49.5 Å². The Morgan fingerprint density at radius 3 is 1.82 bits per heavy atom. The smallest absolute Gasteiger partial charge is 0.548 e. The number of nitro groups is 3. The van der Waals surface area contributed by atoms with Crippen LogP contribution in [0, 0.1) is 30.3 Å². The van der Waals surface area contributed by atoms with Crippen LogP contribution in [0.2, 0.25) is 0 Å². The number of hydrogen-bond acceptors (Lipinski definition) is 9. The number of benzene rings is 2. The van der Waals surface area contributed by atoms with Gasteiger partial charge >= 0.3 is 40.9 Å². The van der Waals surface area contributed by atoms with E-state index in [4.69, 9.17) is 0 Å². The molecule has 0 aromatic heterocycles. The molecule has 13 heteroatoms. The van der Waals surface area contributed by atoms with E-state index in [9.17, 15) is 40.2 Å². The molecule has 0 fully saturated rings. The monoisotopic (exact) mass is 398 g/mol. The van der Waals surface area contributed by atoms with Crippen LogP contribution in [0.15, 0.2) is 42.5 Å². The molecule has 0 radical (unpaired) electrons. The molecule has 0 aliphatic heterocycles. The Morgan fingerprint density at radius 1 is 0.929 bits per heavy atom. The molecular weight excluding hydrogens is 387 g/mol. The summed E-state index contributed by atoms with van der Waals surface area (Å²) in [4.78, 5) is 41.6. The summed E-state index contributed by atoms with van der Waals surface area (Å²) in [6, 6.07) is 7.64. The van der Waals surface area contributed by atoms with Gasteiger partial charge in [0.2, 0.25) is 0 Å². The molecule has 0 saturated heterocycles. The van der Waals surface area contributed by atoms with Gasteiger partial charge in [0.15, 0.2) is 5.69 Å². The summed E-state index contributed by atoms with van der Waals surface area (Å²) in [7, 11) is 0. The van der Waals surface area contributed by atoms with Gasteiger partial charge in [0.05, 0.1) is 38.9 Å². The maximum Gasteiger partial charge on any atom is 1.00 e. The van der Waals surface area contributed by atoms with Crippen LogP contribution >= 0.6 is 0 Å². The number of carbonyl (C=O) groups excluding carboxylic acids is 1. The van der Waals surface area contributed by atoms with Gasteiger partial charge in [0, 0.05) is 0 Å². The number of non-ortho nitro benzene ring substituents is 1. The van der Waals surface area contributed by atoms with Gasteiger partial charge in [-0.1, -0.05) is 30.3 Å². The van der Waals surface area contributed by atoms with Gasteiger partial charge in [-0.2, -0.15) is 0 Å². The summed E-state index contributed by atoms with van der Waals surface area (Å²) in [5.74, 6) is -1.65. The van der Waals surface area contributed by atoms with Gasteiger partial charge in [-0.3, -0.25) is 30.3 Å². The van der Waals surface area contributed by atoms with Crippen LogP contribution in [0.25, 0.3) is 0 Å². The maximum atomic E-state index is 11.4. The summed E-state index contributed by atoms with van der Waals surface area (Å²) >= 11 is 0. The summed E-state index contributed by atoms with van der Waals surface area (Å²) in [6.07, 6.45) is -0.186. The van der Waals surface area contributed by atoms with Gasteiger partial charge in [-0.05, 0) is 12.0 Å². The zero-order chi connectivity index (χ0) is 20.1. The number of hydrogen-bond donors (Lipinski definition) is 1. The van der Waals surface area contributed by atoms with Crippen molar-refractivity contribution in [2.24, 2.45) is 0 Å². The molecule has 0 aliphatic rings. The normalized spacial score (nSPS) is 11.0. The average Bonchev–Trinajstić information content (AvgIpc) is 2.61. The van der Waals surface area contributed by atoms with Crippen molar-refractivity contribution in [1.82, 2.24) is 0 Å². The van der Waals surface area contributed by atoms with E-state index in [0.717, 1.165) is 0 Å². The zero-order valence-electron chi connectivity index (χ0n) is 14.4. The fourth-order valence-electron chi connectivity index (χ4n) is 2.36. The first-order valence-electron chi connectivity index (χ1n) is 7.33. The van der Waals surface area contributed by atoms with Gasteiger partial charge in [0.25, 0.3) is 5.69 Å². The molecule has 0 aliphatic carbocycles. The van der Waals surface area contributed by atoms with E-state index in [-0.39, 0.29) is 36.0 Å². The van der Waals surface area contributed by atoms with Gasteiger partial charge in [-0.15, -0.1) is 0 Å². The maximum absolute atomic E-state index is 11.4. The summed E-state index contributed by atoms with van der Waals surface area (Å²) in [6.45, 7) is 0. The number of nitrogens with zero attached hydrogens (tertiary/aromatic N) is 3. The predicted molar refractivity (Wildman–Crippen MR) is 89.0 cm³/mol.